The lowest BCUT2D eigenvalue weighted by molar-refractivity contribution is -0.137. The van der Waals surface area contributed by atoms with Crippen molar-refractivity contribution in [1.82, 2.24) is 15.0 Å². The van der Waals surface area contributed by atoms with Crippen LogP contribution in [-0.2, 0) is 17.8 Å². The van der Waals surface area contributed by atoms with Crippen LogP contribution in [0.1, 0.15) is 45.8 Å². The van der Waals surface area contributed by atoms with Gasteiger partial charge in [0.25, 0.3) is 0 Å². The monoisotopic (exact) mass is 255 g/mol. The molecule has 0 spiro atoms. The maximum Gasteiger partial charge on any atom is 0.304 e. The van der Waals surface area contributed by atoms with Crippen molar-refractivity contribution in [2.75, 3.05) is 6.54 Å². The molecule has 6 heteroatoms. The Morgan fingerprint density at radius 2 is 2.11 bits per heavy atom. The van der Waals surface area contributed by atoms with Crippen molar-refractivity contribution < 1.29 is 14.4 Å². The molecule has 102 valence electrons. The Balaban J connectivity index is 2.68. The van der Waals surface area contributed by atoms with Crippen molar-refractivity contribution >= 4 is 5.97 Å². The summed E-state index contributed by atoms with van der Waals surface area (Å²) in [6, 6.07) is 0. The van der Waals surface area contributed by atoms with E-state index in [2.05, 4.69) is 10.1 Å². The number of hydrogen-bond acceptors (Lipinski definition) is 5. The van der Waals surface area contributed by atoms with Crippen molar-refractivity contribution in [1.29, 1.82) is 0 Å². The number of rotatable bonds is 6. The number of aryl methyl sites for hydroxylation is 1. The van der Waals surface area contributed by atoms with E-state index in [4.69, 9.17) is 9.63 Å². The summed E-state index contributed by atoms with van der Waals surface area (Å²) >= 11 is 0. The molecule has 0 amide bonds. The second-order valence-electron chi connectivity index (χ2n) is 5.19. The maximum absolute atomic E-state index is 10.7. The van der Waals surface area contributed by atoms with Crippen LogP contribution in [0.4, 0.5) is 0 Å². The Kier molecular flexibility index (Phi) is 4.84. The van der Waals surface area contributed by atoms with Crippen LogP contribution < -0.4 is 0 Å². The predicted molar refractivity (Wildman–Crippen MR) is 66.1 cm³/mol. The zero-order valence-corrected chi connectivity index (χ0v) is 11.4. The van der Waals surface area contributed by atoms with Gasteiger partial charge in [-0.1, -0.05) is 12.1 Å². The van der Waals surface area contributed by atoms with Crippen LogP contribution in [0.5, 0.6) is 0 Å². The molecule has 1 rings (SSSR count). The van der Waals surface area contributed by atoms with Crippen LogP contribution in [0, 0.1) is 0 Å². The topological polar surface area (TPSA) is 79.5 Å². The minimum Gasteiger partial charge on any atom is -0.481 e. The van der Waals surface area contributed by atoms with Crippen LogP contribution in [-0.4, -0.2) is 38.2 Å². The van der Waals surface area contributed by atoms with E-state index in [9.17, 15) is 4.79 Å². The third-order valence-electron chi connectivity index (χ3n) is 2.70. The molecule has 6 nitrogen and oxygen atoms in total. The molecule has 1 heterocycles. The molecule has 0 atom stereocenters. The predicted octanol–water partition coefficient (Wildman–Crippen LogP) is 1.71. The Morgan fingerprint density at radius 3 is 2.56 bits per heavy atom. The van der Waals surface area contributed by atoms with Crippen LogP contribution in [0.15, 0.2) is 4.52 Å². The summed E-state index contributed by atoms with van der Waals surface area (Å²) in [7, 11) is 0. The average molecular weight is 255 g/mol. The van der Waals surface area contributed by atoms with Gasteiger partial charge in [-0.15, -0.1) is 0 Å². The zero-order valence-electron chi connectivity index (χ0n) is 11.4. The fraction of sp³-hybridized carbons (Fsp3) is 0.750. The number of nitrogens with zero attached hydrogens (tertiary/aromatic N) is 3. The van der Waals surface area contributed by atoms with Gasteiger partial charge in [-0.05, 0) is 20.8 Å². The largest absolute Gasteiger partial charge is 0.481 e. The van der Waals surface area contributed by atoms with Gasteiger partial charge in [0.1, 0.15) is 0 Å². The second-order valence-corrected chi connectivity index (χ2v) is 5.19. The average Bonchev–Trinajstić information content (AvgIpc) is 2.70. The number of hydrogen-bond donors (Lipinski definition) is 1. The third kappa shape index (κ3) is 4.44. The first-order valence-corrected chi connectivity index (χ1v) is 6.11. The molecule has 0 aliphatic carbocycles. The van der Waals surface area contributed by atoms with Crippen molar-refractivity contribution in [2.45, 2.75) is 52.6 Å². The first kappa shape index (κ1) is 14.6. The molecular weight excluding hydrogens is 234 g/mol. The third-order valence-corrected chi connectivity index (χ3v) is 2.70. The summed E-state index contributed by atoms with van der Waals surface area (Å²) in [4.78, 5) is 16.9. The van der Waals surface area contributed by atoms with Gasteiger partial charge in [-0.3, -0.25) is 9.69 Å². The first-order chi connectivity index (χ1) is 8.32. The van der Waals surface area contributed by atoms with E-state index in [0.29, 0.717) is 24.8 Å². The highest BCUT2D eigenvalue weighted by Crippen LogP contribution is 2.17. The van der Waals surface area contributed by atoms with Crippen LogP contribution >= 0.6 is 0 Å². The fourth-order valence-electron chi connectivity index (χ4n) is 1.54. The van der Waals surface area contributed by atoms with E-state index in [1.165, 1.54) is 0 Å². The van der Waals surface area contributed by atoms with Crippen molar-refractivity contribution in [2.24, 2.45) is 0 Å². The highest BCUT2D eigenvalue weighted by molar-refractivity contribution is 5.66. The van der Waals surface area contributed by atoms with Gasteiger partial charge in [0, 0.05) is 18.5 Å². The number of aromatic nitrogens is 2. The zero-order chi connectivity index (χ0) is 13.8. The number of carbonyl (C=O) groups is 1. The smallest absolute Gasteiger partial charge is 0.304 e. The van der Waals surface area contributed by atoms with E-state index >= 15 is 0 Å². The lowest BCUT2D eigenvalue weighted by atomic mass is 10.1. The summed E-state index contributed by atoms with van der Waals surface area (Å²) in [6.07, 6.45) is 0.834. The standard InChI is InChI=1S/C12H21N3O3/c1-5-9-13-10(18-14-9)8-15(12(2,3)4)7-6-11(16)17/h5-8H2,1-4H3,(H,16,17). The first-order valence-electron chi connectivity index (χ1n) is 6.11. The lowest BCUT2D eigenvalue weighted by Crippen LogP contribution is -2.42. The maximum atomic E-state index is 10.7. The van der Waals surface area contributed by atoms with E-state index in [0.717, 1.165) is 6.42 Å². The van der Waals surface area contributed by atoms with E-state index in [1.807, 2.05) is 32.6 Å². The minimum atomic E-state index is -0.802. The molecule has 0 aromatic carbocycles. The molecule has 18 heavy (non-hydrogen) atoms. The van der Waals surface area contributed by atoms with Crippen molar-refractivity contribution in [3.63, 3.8) is 0 Å². The van der Waals surface area contributed by atoms with Crippen LogP contribution in [0.25, 0.3) is 0 Å². The molecule has 0 saturated heterocycles. The quantitative estimate of drug-likeness (QED) is 0.833. The molecule has 0 fully saturated rings. The number of carboxylic acids is 1. The molecule has 1 N–H and O–H groups in total. The van der Waals surface area contributed by atoms with Crippen LogP contribution in [0.2, 0.25) is 0 Å². The van der Waals surface area contributed by atoms with Gasteiger partial charge in [0.15, 0.2) is 5.82 Å². The van der Waals surface area contributed by atoms with E-state index < -0.39 is 5.97 Å². The molecule has 0 aliphatic heterocycles. The Morgan fingerprint density at radius 1 is 1.44 bits per heavy atom. The van der Waals surface area contributed by atoms with Crippen molar-refractivity contribution in [3.05, 3.63) is 11.7 Å². The van der Waals surface area contributed by atoms with Crippen molar-refractivity contribution in [3.8, 4) is 0 Å². The molecule has 0 bridgehead atoms. The van der Waals surface area contributed by atoms with Gasteiger partial charge in [0.2, 0.25) is 5.89 Å². The Bertz CT molecular complexity index is 396. The highest BCUT2D eigenvalue weighted by atomic mass is 16.5. The molecule has 0 aliphatic rings. The van der Waals surface area contributed by atoms with Gasteiger partial charge >= 0.3 is 5.97 Å². The van der Waals surface area contributed by atoms with Crippen LogP contribution in [0.3, 0.4) is 0 Å². The normalized spacial score (nSPS) is 12.1. The summed E-state index contributed by atoms with van der Waals surface area (Å²) in [5, 5.41) is 12.6. The Hall–Kier alpha value is -1.43. The molecule has 1 aromatic rings. The number of aliphatic carboxylic acids is 1. The summed E-state index contributed by atoms with van der Waals surface area (Å²) < 4.78 is 5.14. The summed E-state index contributed by atoms with van der Waals surface area (Å²) in [5.41, 5.74) is -0.143. The summed E-state index contributed by atoms with van der Waals surface area (Å²) in [5.74, 6) is 0.410. The van der Waals surface area contributed by atoms with Gasteiger partial charge < -0.3 is 9.63 Å². The summed E-state index contributed by atoms with van der Waals surface area (Å²) in [6.45, 7) is 9.00. The molecule has 0 radical (unpaired) electrons. The molecule has 0 unspecified atom stereocenters. The van der Waals surface area contributed by atoms with E-state index in [-0.39, 0.29) is 12.0 Å². The SMILES string of the molecule is CCc1noc(CN(CCC(=O)O)C(C)(C)C)n1. The van der Waals surface area contributed by atoms with E-state index in [1.54, 1.807) is 0 Å². The lowest BCUT2D eigenvalue weighted by Gasteiger charge is -2.34. The number of carboxylic acid groups (broad SMARTS) is 1. The minimum absolute atomic E-state index is 0.103. The Labute approximate surface area is 107 Å². The molecular formula is C12H21N3O3. The molecule has 0 saturated carbocycles. The second kappa shape index (κ2) is 5.95. The molecule has 1 aromatic heterocycles. The van der Waals surface area contributed by atoms with Gasteiger partial charge in [-0.2, -0.15) is 4.98 Å². The fourth-order valence-corrected chi connectivity index (χ4v) is 1.54. The highest BCUT2D eigenvalue weighted by Gasteiger charge is 2.24. The van der Waals surface area contributed by atoms with Gasteiger partial charge in [0.05, 0.1) is 13.0 Å². The van der Waals surface area contributed by atoms with Gasteiger partial charge in [-0.25, -0.2) is 0 Å².